The second-order valence-electron chi connectivity index (χ2n) is 4.60. The van der Waals surface area contributed by atoms with Crippen LogP contribution in [0.1, 0.15) is 50.5 Å². The van der Waals surface area contributed by atoms with Crippen LogP contribution in [0.15, 0.2) is 0 Å². The summed E-state index contributed by atoms with van der Waals surface area (Å²) >= 11 is 1.50. The van der Waals surface area contributed by atoms with E-state index in [1.165, 1.54) is 11.3 Å². The highest BCUT2D eigenvalue weighted by molar-refractivity contribution is 7.15. The fourth-order valence-corrected chi connectivity index (χ4v) is 3.20. The Morgan fingerprint density at radius 1 is 1.50 bits per heavy atom. The van der Waals surface area contributed by atoms with Crippen LogP contribution in [0.4, 0.5) is 5.13 Å². The first-order valence-electron chi connectivity index (χ1n) is 6.62. The summed E-state index contributed by atoms with van der Waals surface area (Å²) in [6.07, 6.45) is 4.09. The molecule has 0 spiro atoms. The predicted molar refractivity (Wildman–Crippen MR) is 72.9 cm³/mol. The Kier molecular flexibility index (Phi) is 4.66. The maximum absolute atomic E-state index is 11.9. The van der Waals surface area contributed by atoms with Gasteiger partial charge >= 0.3 is 0 Å². The average molecular weight is 268 g/mol. The van der Waals surface area contributed by atoms with Crippen LogP contribution < -0.4 is 10.6 Å². The number of hydrogen-bond acceptors (Lipinski definition) is 5. The van der Waals surface area contributed by atoms with E-state index >= 15 is 0 Å². The summed E-state index contributed by atoms with van der Waals surface area (Å²) in [5.74, 6) is 0.470. The van der Waals surface area contributed by atoms with E-state index in [-0.39, 0.29) is 11.9 Å². The lowest BCUT2D eigenvalue weighted by Gasteiger charge is -2.08. The highest BCUT2D eigenvalue weighted by Crippen LogP contribution is 2.28. The monoisotopic (exact) mass is 268 g/mol. The zero-order valence-electron chi connectivity index (χ0n) is 10.9. The maximum Gasteiger partial charge on any atom is 0.243 e. The lowest BCUT2D eigenvalue weighted by Crippen LogP contribution is -2.35. The highest BCUT2D eigenvalue weighted by atomic mass is 32.1. The summed E-state index contributed by atoms with van der Waals surface area (Å²) < 4.78 is 0. The van der Waals surface area contributed by atoms with Crippen molar-refractivity contribution in [3.8, 4) is 0 Å². The normalized spacial score (nSPS) is 19.4. The third-order valence-electron chi connectivity index (χ3n) is 3.38. The third-order valence-corrected chi connectivity index (χ3v) is 4.38. The smallest absolute Gasteiger partial charge is 0.243 e. The molecule has 1 unspecified atom stereocenters. The molecule has 2 heterocycles. The van der Waals surface area contributed by atoms with E-state index in [0.29, 0.717) is 11.0 Å². The molecule has 1 aliphatic rings. The summed E-state index contributed by atoms with van der Waals surface area (Å²) in [7, 11) is 0. The van der Waals surface area contributed by atoms with Crippen LogP contribution in [-0.2, 0) is 4.79 Å². The Morgan fingerprint density at radius 2 is 2.28 bits per heavy atom. The molecule has 5 nitrogen and oxygen atoms in total. The Hall–Kier alpha value is -1.01. The molecule has 18 heavy (non-hydrogen) atoms. The van der Waals surface area contributed by atoms with Gasteiger partial charge in [0.2, 0.25) is 11.0 Å². The lowest BCUT2D eigenvalue weighted by molar-refractivity contribution is -0.117. The van der Waals surface area contributed by atoms with Gasteiger partial charge < -0.3 is 5.32 Å². The number of amides is 1. The van der Waals surface area contributed by atoms with Crippen molar-refractivity contribution in [2.75, 3.05) is 11.9 Å². The van der Waals surface area contributed by atoms with Crippen LogP contribution in [0.25, 0.3) is 0 Å². The van der Waals surface area contributed by atoms with Crippen molar-refractivity contribution >= 4 is 22.4 Å². The number of carbonyl (C=O) groups is 1. The van der Waals surface area contributed by atoms with Crippen LogP contribution >= 0.6 is 11.3 Å². The van der Waals surface area contributed by atoms with Crippen molar-refractivity contribution in [1.82, 2.24) is 15.5 Å². The number of nitrogens with one attached hydrogen (secondary N) is 2. The first kappa shape index (κ1) is 13.4. The fraction of sp³-hybridized carbons (Fsp3) is 0.750. The SMILES string of the molecule is CCC(CC)c1nnc(NC(=O)C2CCCN2)s1. The Morgan fingerprint density at radius 3 is 2.89 bits per heavy atom. The van der Waals surface area contributed by atoms with Crippen LogP contribution in [0, 0.1) is 0 Å². The summed E-state index contributed by atoms with van der Waals surface area (Å²) in [4.78, 5) is 11.9. The summed E-state index contributed by atoms with van der Waals surface area (Å²) in [5, 5.41) is 15.9. The maximum atomic E-state index is 11.9. The predicted octanol–water partition coefficient (Wildman–Crippen LogP) is 2.13. The van der Waals surface area contributed by atoms with Gasteiger partial charge in [0.05, 0.1) is 6.04 Å². The molecule has 0 saturated carbocycles. The number of aromatic nitrogens is 2. The Labute approximate surface area is 111 Å². The fourth-order valence-electron chi connectivity index (χ4n) is 2.19. The largest absolute Gasteiger partial charge is 0.306 e. The van der Waals surface area contributed by atoms with Crippen molar-refractivity contribution < 1.29 is 4.79 Å². The van der Waals surface area contributed by atoms with Gasteiger partial charge in [-0.2, -0.15) is 0 Å². The van der Waals surface area contributed by atoms with E-state index in [2.05, 4.69) is 34.7 Å². The minimum absolute atomic E-state index is 0.0137. The summed E-state index contributed by atoms with van der Waals surface area (Å²) in [5.41, 5.74) is 0. The average Bonchev–Trinajstić information content (AvgIpc) is 3.01. The van der Waals surface area contributed by atoms with Crippen LogP contribution in [0.5, 0.6) is 0 Å². The van der Waals surface area contributed by atoms with E-state index < -0.39 is 0 Å². The molecule has 0 aromatic carbocycles. The van der Waals surface area contributed by atoms with E-state index in [4.69, 9.17) is 0 Å². The molecule has 0 radical (unpaired) electrons. The molecule has 1 atom stereocenters. The molecule has 1 saturated heterocycles. The van der Waals surface area contributed by atoms with Crippen LogP contribution in [0.2, 0.25) is 0 Å². The Balaban J connectivity index is 1.95. The molecule has 2 rings (SSSR count). The molecule has 100 valence electrons. The van der Waals surface area contributed by atoms with Gasteiger partial charge in [-0.05, 0) is 32.2 Å². The minimum atomic E-state index is -0.0644. The molecular weight excluding hydrogens is 248 g/mol. The molecule has 1 fully saturated rings. The number of anilines is 1. The van der Waals surface area contributed by atoms with Crippen LogP contribution in [-0.4, -0.2) is 28.7 Å². The second-order valence-corrected chi connectivity index (χ2v) is 5.61. The van der Waals surface area contributed by atoms with E-state index in [9.17, 15) is 4.79 Å². The van der Waals surface area contributed by atoms with E-state index in [1.54, 1.807) is 0 Å². The standard InChI is InChI=1S/C12H20N4OS/c1-3-8(4-2)11-15-16-12(18-11)14-10(17)9-6-5-7-13-9/h8-9,13H,3-7H2,1-2H3,(H,14,16,17). The van der Waals surface area contributed by atoms with Gasteiger partial charge in [0.25, 0.3) is 0 Å². The van der Waals surface area contributed by atoms with Gasteiger partial charge in [-0.15, -0.1) is 10.2 Å². The Bertz CT molecular complexity index is 397. The van der Waals surface area contributed by atoms with Gasteiger partial charge in [0, 0.05) is 5.92 Å². The van der Waals surface area contributed by atoms with Gasteiger partial charge in [-0.25, -0.2) is 0 Å². The molecule has 1 aliphatic heterocycles. The zero-order valence-corrected chi connectivity index (χ0v) is 11.7. The van der Waals surface area contributed by atoms with Crippen molar-refractivity contribution in [2.45, 2.75) is 51.5 Å². The van der Waals surface area contributed by atoms with Gasteiger partial charge in [-0.1, -0.05) is 25.2 Å². The van der Waals surface area contributed by atoms with Crippen molar-refractivity contribution in [2.24, 2.45) is 0 Å². The third kappa shape index (κ3) is 3.05. The van der Waals surface area contributed by atoms with Gasteiger partial charge in [-0.3, -0.25) is 10.1 Å². The molecule has 0 bridgehead atoms. The summed E-state index contributed by atoms with van der Waals surface area (Å²) in [6, 6.07) is -0.0644. The topological polar surface area (TPSA) is 66.9 Å². The first-order chi connectivity index (χ1) is 8.74. The lowest BCUT2D eigenvalue weighted by atomic mass is 10.1. The molecule has 0 aliphatic carbocycles. The van der Waals surface area contributed by atoms with E-state index in [0.717, 1.165) is 37.2 Å². The number of hydrogen-bond donors (Lipinski definition) is 2. The molecular formula is C12H20N4OS. The van der Waals surface area contributed by atoms with Gasteiger partial charge in [0.15, 0.2) is 0 Å². The molecule has 1 aromatic heterocycles. The quantitative estimate of drug-likeness (QED) is 0.858. The molecule has 2 N–H and O–H groups in total. The number of rotatable bonds is 5. The number of carbonyl (C=O) groups excluding carboxylic acids is 1. The highest BCUT2D eigenvalue weighted by Gasteiger charge is 2.23. The first-order valence-corrected chi connectivity index (χ1v) is 7.43. The molecule has 1 amide bonds. The van der Waals surface area contributed by atoms with E-state index in [1.807, 2.05) is 0 Å². The van der Waals surface area contributed by atoms with Crippen molar-refractivity contribution in [3.63, 3.8) is 0 Å². The van der Waals surface area contributed by atoms with Crippen molar-refractivity contribution in [3.05, 3.63) is 5.01 Å². The molecule has 6 heteroatoms. The second kappa shape index (κ2) is 6.24. The van der Waals surface area contributed by atoms with Crippen molar-refractivity contribution in [1.29, 1.82) is 0 Å². The molecule has 1 aromatic rings. The minimum Gasteiger partial charge on any atom is -0.306 e. The summed E-state index contributed by atoms with van der Waals surface area (Å²) in [6.45, 7) is 5.22. The number of nitrogens with zero attached hydrogens (tertiary/aromatic N) is 2. The zero-order chi connectivity index (χ0) is 13.0. The van der Waals surface area contributed by atoms with Crippen LogP contribution in [0.3, 0.4) is 0 Å². The van der Waals surface area contributed by atoms with Gasteiger partial charge in [0.1, 0.15) is 5.01 Å².